The number of benzene rings is 1. The minimum atomic E-state index is -0.243. The van der Waals surface area contributed by atoms with Gasteiger partial charge in [0.25, 0.3) is 11.8 Å². The predicted molar refractivity (Wildman–Crippen MR) is 115 cm³/mol. The van der Waals surface area contributed by atoms with E-state index in [2.05, 4.69) is 47.2 Å². The summed E-state index contributed by atoms with van der Waals surface area (Å²) in [5.74, 6) is -0.00526. The molecule has 0 atom stereocenters. The molecule has 0 spiro atoms. The molecule has 1 N–H and O–H groups in total. The number of carbonyl (C=O) groups is 2. The summed E-state index contributed by atoms with van der Waals surface area (Å²) >= 11 is 0. The van der Waals surface area contributed by atoms with E-state index in [-0.39, 0.29) is 17.5 Å². The number of pyridine rings is 1. The zero-order valence-electron chi connectivity index (χ0n) is 17.7. The molecule has 29 heavy (non-hydrogen) atoms. The third-order valence-corrected chi connectivity index (χ3v) is 5.36. The fourth-order valence-corrected chi connectivity index (χ4v) is 3.46. The first-order valence-corrected chi connectivity index (χ1v) is 10.2. The van der Waals surface area contributed by atoms with Crippen LogP contribution in [0.15, 0.2) is 36.4 Å². The highest BCUT2D eigenvalue weighted by atomic mass is 16.2. The second kappa shape index (κ2) is 9.07. The number of anilines is 1. The Morgan fingerprint density at radius 3 is 2.34 bits per heavy atom. The number of piperazine rings is 1. The average molecular weight is 395 g/mol. The Balaban J connectivity index is 1.64. The number of hydrogen-bond acceptors (Lipinski definition) is 4. The lowest BCUT2D eigenvalue weighted by Gasteiger charge is -2.37. The van der Waals surface area contributed by atoms with Gasteiger partial charge in [0.05, 0.1) is 0 Å². The summed E-state index contributed by atoms with van der Waals surface area (Å²) in [5, 5.41) is 2.84. The molecule has 1 aromatic heterocycles. The fraction of sp³-hybridized carbons (Fsp3) is 0.435. The standard InChI is InChI=1S/C23H30N4O2/c1-16(2)15-24-22(28)19-8-6-9-20(25-19)23(29)27-13-11-26(12-14-27)21-10-5-7-17(3)18(21)4/h5-10,16H,11-15H2,1-4H3,(H,24,28). The van der Waals surface area contributed by atoms with Gasteiger partial charge in [-0.15, -0.1) is 0 Å². The molecule has 3 rings (SSSR count). The Bertz CT molecular complexity index is 886. The van der Waals surface area contributed by atoms with Gasteiger partial charge < -0.3 is 15.1 Å². The maximum Gasteiger partial charge on any atom is 0.272 e. The van der Waals surface area contributed by atoms with E-state index in [1.54, 1.807) is 18.2 Å². The van der Waals surface area contributed by atoms with Crippen molar-refractivity contribution in [3.63, 3.8) is 0 Å². The van der Waals surface area contributed by atoms with Gasteiger partial charge in [-0.3, -0.25) is 9.59 Å². The van der Waals surface area contributed by atoms with E-state index in [1.165, 1.54) is 16.8 Å². The highest BCUT2D eigenvalue weighted by molar-refractivity contribution is 5.96. The van der Waals surface area contributed by atoms with Crippen LogP contribution >= 0.6 is 0 Å². The lowest BCUT2D eigenvalue weighted by atomic mass is 10.1. The van der Waals surface area contributed by atoms with Crippen molar-refractivity contribution in [3.05, 3.63) is 58.9 Å². The van der Waals surface area contributed by atoms with Crippen molar-refractivity contribution in [2.75, 3.05) is 37.6 Å². The van der Waals surface area contributed by atoms with Gasteiger partial charge >= 0.3 is 0 Å². The topological polar surface area (TPSA) is 65.5 Å². The van der Waals surface area contributed by atoms with Crippen LogP contribution in [-0.4, -0.2) is 54.4 Å². The number of nitrogens with zero attached hydrogens (tertiary/aromatic N) is 3. The molecule has 0 saturated carbocycles. The number of rotatable bonds is 5. The van der Waals surface area contributed by atoms with E-state index in [4.69, 9.17) is 0 Å². The highest BCUT2D eigenvalue weighted by Crippen LogP contribution is 2.24. The van der Waals surface area contributed by atoms with Gasteiger partial charge in [-0.25, -0.2) is 4.98 Å². The van der Waals surface area contributed by atoms with Crippen molar-refractivity contribution in [3.8, 4) is 0 Å². The molecule has 6 heteroatoms. The molecule has 0 unspecified atom stereocenters. The predicted octanol–water partition coefficient (Wildman–Crippen LogP) is 3.05. The molecule has 2 amide bonds. The average Bonchev–Trinajstić information content (AvgIpc) is 2.73. The van der Waals surface area contributed by atoms with E-state index in [0.29, 0.717) is 31.2 Å². The molecule has 0 radical (unpaired) electrons. The zero-order chi connectivity index (χ0) is 21.0. The minimum Gasteiger partial charge on any atom is -0.368 e. The summed E-state index contributed by atoms with van der Waals surface area (Å²) in [7, 11) is 0. The molecule has 2 aromatic rings. The summed E-state index contributed by atoms with van der Waals surface area (Å²) in [6.07, 6.45) is 0. The smallest absolute Gasteiger partial charge is 0.272 e. The van der Waals surface area contributed by atoms with Crippen molar-refractivity contribution in [2.45, 2.75) is 27.7 Å². The van der Waals surface area contributed by atoms with Crippen LogP contribution in [0, 0.1) is 19.8 Å². The van der Waals surface area contributed by atoms with Crippen LogP contribution < -0.4 is 10.2 Å². The minimum absolute atomic E-state index is 0.121. The Kier molecular flexibility index (Phi) is 6.52. The first-order chi connectivity index (χ1) is 13.9. The van der Waals surface area contributed by atoms with Crippen LogP contribution in [-0.2, 0) is 0 Å². The first kappa shape index (κ1) is 20.8. The van der Waals surface area contributed by atoms with Crippen LogP contribution in [0.25, 0.3) is 0 Å². The van der Waals surface area contributed by atoms with Crippen molar-refractivity contribution in [2.24, 2.45) is 5.92 Å². The summed E-state index contributed by atoms with van der Waals surface area (Å²) in [4.78, 5) is 33.6. The molecule has 1 aliphatic rings. The second-order valence-corrected chi connectivity index (χ2v) is 8.01. The molecule has 1 aromatic carbocycles. The Hall–Kier alpha value is -2.89. The fourth-order valence-electron chi connectivity index (χ4n) is 3.46. The Labute approximate surface area is 172 Å². The Morgan fingerprint density at radius 2 is 1.66 bits per heavy atom. The zero-order valence-corrected chi connectivity index (χ0v) is 17.7. The number of aromatic nitrogens is 1. The molecular weight excluding hydrogens is 364 g/mol. The number of amides is 2. The molecule has 0 bridgehead atoms. The van der Waals surface area contributed by atoms with Gasteiger partial charge in [0.1, 0.15) is 11.4 Å². The van der Waals surface area contributed by atoms with Gasteiger partial charge in [0, 0.05) is 38.4 Å². The maximum atomic E-state index is 12.9. The Morgan fingerprint density at radius 1 is 1.00 bits per heavy atom. The van der Waals surface area contributed by atoms with Gasteiger partial charge in [-0.05, 0) is 49.1 Å². The number of hydrogen-bond donors (Lipinski definition) is 1. The SMILES string of the molecule is Cc1cccc(N2CCN(C(=O)c3cccc(C(=O)NCC(C)C)n3)CC2)c1C. The molecule has 2 heterocycles. The van der Waals surface area contributed by atoms with Gasteiger partial charge in [0.2, 0.25) is 0 Å². The van der Waals surface area contributed by atoms with Crippen LogP contribution in [0.1, 0.15) is 46.0 Å². The molecule has 1 aliphatic heterocycles. The summed E-state index contributed by atoms with van der Waals surface area (Å²) in [6.45, 7) is 11.7. The summed E-state index contributed by atoms with van der Waals surface area (Å²) < 4.78 is 0. The molecular formula is C23H30N4O2. The van der Waals surface area contributed by atoms with E-state index in [9.17, 15) is 9.59 Å². The lowest BCUT2D eigenvalue weighted by molar-refractivity contribution is 0.0740. The van der Waals surface area contributed by atoms with Crippen molar-refractivity contribution < 1.29 is 9.59 Å². The van der Waals surface area contributed by atoms with Crippen molar-refractivity contribution >= 4 is 17.5 Å². The third-order valence-electron chi connectivity index (χ3n) is 5.36. The van der Waals surface area contributed by atoms with Crippen LogP contribution in [0.2, 0.25) is 0 Å². The van der Waals surface area contributed by atoms with E-state index in [0.717, 1.165) is 13.1 Å². The summed E-state index contributed by atoms with van der Waals surface area (Å²) in [5.41, 5.74) is 4.40. The molecule has 154 valence electrons. The summed E-state index contributed by atoms with van der Waals surface area (Å²) in [6, 6.07) is 11.4. The van der Waals surface area contributed by atoms with Crippen LogP contribution in [0.3, 0.4) is 0 Å². The van der Waals surface area contributed by atoms with Crippen molar-refractivity contribution in [1.29, 1.82) is 0 Å². The number of nitrogens with one attached hydrogen (secondary N) is 1. The van der Waals surface area contributed by atoms with Crippen molar-refractivity contribution in [1.82, 2.24) is 15.2 Å². The first-order valence-electron chi connectivity index (χ1n) is 10.2. The normalized spacial score (nSPS) is 14.2. The number of aryl methyl sites for hydroxylation is 1. The second-order valence-electron chi connectivity index (χ2n) is 8.01. The largest absolute Gasteiger partial charge is 0.368 e. The molecule has 0 aliphatic carbocycles. The van der Waals surface area contributed by atoms with Gasteiger partial charge in [-0.2, -0.15) is 0 Å². The lowest BCUT2D eigenvalue weighted by Crippen LogP contribution is -2.49. The van der Waals surface area contributed by atoms with E-state index in [1.807, 2.05) is 18.7 Å². The van der Waals surface area contributed by atoms with Crippen LogP contribution in [0.4, 0.5) is 5.69 Å². The quantitative estimate of drug-likeness (QED) is 0.847. The molecule has 1 fully saturated rings. The van der Waals surface area contributed by atoms with E-state index >= 15 is 0 Å². The molecule has 1 saturated heterocycles. The third kappa shape index (κ3) is 4.94. The van der Waals surface area contributed by atoms with Gasteiger partial charge in [0.15, 0.2) is 0 Å². The monoisotopic (exact) mass is 394 g/mol. The maximum absolute atomic E-state index is 12.9. The molecule has 6 nitrogen and oxygen atoms in total. The van der Waals surface area contributed by atoms with Gasteiger partial charge in [-0.1, -0.05) is 32.0 Å². The highest BCUT2D eigenvalue weighted by Gasteiger charge is 2.24. The van der Waals surface area contributed by atoms with E-state index < -0.39 is 0 Å². The number of carbonyl (C=O) groups excluding carboxylic acids is 2. The van der Waals surface area contributed by atoms with Crippen LogP contribution in [0.5, 0.6) is 0 Å².